The number of aryl methyl sites for hydroxylation is 3. The van der Waals surface area contributed by atoms with Gasteiger partial charge in [-0.1, -0.05) is 30.3 Å². The molecule has 3 nitrogen and oxygen atoms in total. The van der Waals surface area contributed by atoms with Crippen LogP contribution in [0, 0.1) is 13.8 Å². The molecular weight excluding hydrogens is 352 g/mol. The monoisotopic (exact) mass is 372 g/mol. The first-order valence-electron chi connectivity index (χ1n) is 7.57. The van der Waals surface area contributed by atoms with E-state index in [-0.39, 0.29) is 22.8 Å². The lowest BCUT2D eigenvalue weighted by atomic mass is 9.98. The molecule has 4 heteroatoms. The van der Waals surface area contributed by atoms with Crippen molar-refractivity contribution in [3.63, 3.8) is 0 Å². The summed E-state index contributed by atoms with van der Waals surface area (Å²) in [6.45, 7) is 4.54. The van der Waals surface area contributed by atoms with Gasteiger partial charge in [0.25, 0.3) is 0 Å². The van der Waals surface area contributed by atoms with Gasteiger partial charge in [0.05, 0.1) is 12.4 Å². The lowest BCUT2D eigenvalue weighted by Crippen LogP contribution is -3.00. The molecule has 0 aliphatic heterocycles. The summed E-state index contributed by atoms with van der Waals surface area (Å²) in [7, 11) is 1.99. The summed E-state index contributed by atoms with van der Waals surface area (Å²) in [6.07, 6.45) is 2.53. The van der Waals surface area contributed by atoms with E-state index < -0.39 is 0 Å². The van der Waals surface area contributed by atoms with Crippen LogP contribution in [0.1, 0.15) is 16.7 Å². The van der Waals surface area contributed by atoms with Crippen LogP contribution in [0.4, 0.5) is 0 Å². The standard InChI is InChI=1S/C19H21N2O.BrH/c1-14-7-6-8-15(2)18(14)11-17(22)13-21-12-16-9-4-5-10-19(16)20(21)3;/h4-10,12H,11,13H2,1-3H3;1H/q+1;/p-1. The van der Waals surface area contributed by atoms with E-state index >= 15 is 0 Å². The minimum Gasteiger partial charge on any atom is -1.00 e. The molecule has 3 aromatic rings. The van der Waals surface area contributed by atoms with E-state index in [2.05, 4.69) is 38.1 Å². The van der Waals surface area contributed by atoms with Crippen LogP contribution in [0.2, 0.25) is 0 Å². The fourth-order valence-electron chi connectivity index (χ4n) is 2.99. The first-order valence-corrected chi connectivity index (χ1v) is 7.57. The molecule has 2 aromatic carbocycles. The number of rotatable bonds is 4. The summed E-state index contributed by atoms with van der Waals surface area (Å²) >= 11 is 0. The largest absolute Gasteiger partial charge is 1.00 e. The Hall–Kier alpha value is -1.94. The molecule has 120 valence electrons. The van der Waals surface area contributed by atoms with E-state index in [9.17, 15) is 4.79 Å². The van der Waals surface area contributed by atoms with Gasteiger partial charge in [-0.3, -0.25) is 4.79 Å². The van der Waals surface area contributed by atoms with Crippen LogP contribution in [0.25, 0.3) is 10.9 Å². The fourth-order valence-corrected chi connectivity index (χ4v) is 2.99. The van der Waals surface area contributed by atoms with Crippen LogP contribution >= 0.6 is 0 Å². The highest BCUT2D eigenvalue weighted by molar-refractivity contribution is 5.81. The lowest BCUT2D eigenvalue weighted by Gasteiger charge is -2.07. The summed E-state index contributed by atoms with van der Waals surface area (Å²) in [5.74, 6) is 0.230. The third-order valence-corrected chi connectivity index (χ3v) is 4.32. The van der Waals surface area contributed by atoms with Gasteiger partial charge < -0.3 is 17.0 Å². The van der Waals surface area contributed by atoms with Gasteiger partial charge in [-0.2, -0.15) is 4.68 Å². The van der Waals surface area contributed by atoms with Gasteiger partial charge in [0, 0.05) is 6.42 Å². The van der Waals surface area contributed by atoms with E-state index in [1.807, 2.05) is 40.8 Å². The summed E-state index contributed by atoms with van der Waals surface area (Å²) in [6, 6.07) is 14.4. The summed E-state index contributed by atoms with van der Waals surface area (Å²) in [5, 5.41) is 1.16. The maximum Gasteiger partial charge on any atom is 0.230 e. The van der Waals surface area contributed by atoms with Crippen LogP contribution in [-0.4, -0.2) is 10.5 Å². The highest BCUT2D eigenvalue weighted by Gasteiger charge is 2.18. The van der Waals surface area contributed by atoms with Crippen LogP contribution in [0.3, 0.4) is 0 Å². The Kier molecular flexibility index (Phi) is 5.37. The van der Waals surface area contributed by atoms with Crippen LogP contribution in [0.5, 0.6) is 0 Å². The molecule has 0 fully saturated rings. The van der Waals surface area contributed by atoms with Crippen molar-refractivity contribution in [2.45, 2.75) is 26.8 Å². The number of hydrogen-bond donors (Lipinski definition) is 0. The number of Topliss-reactive ketones (excluding diaryl/α,β-unsaturated/α-hetero) is 1. The molecule has 0 aliphatic carbocycles. The molecule has 0 atom stereocenters. The molecule has 0 bridgehead atoms. The van der Waals surface area contributed by atoms with Gasteiger partial charge in [0.15, 0.2) is 0 Å². The molecule has 0 radical (unpaired) electrons. The Labute approximate surface area is 147 Å². The van der Waals surface area contributed by atoms with Crippen molar-refractivity contribution >= 4 is 16.7 Å². The number of fused-ring (bicyclic) bond motifs is 1. The molecule has 0 spiro atoms. The molecule has 0 N–H and O–H groups in total. The number of carbonyl (C=O) groups is 1. The van der Waals surface area contributed by atoms with Crippen molar-refractivity contribution in [3.05, 3.63) is 65.4 Å². The van der Waals surface area contributed by atoms with E-state index in [0.29, 0.717) is 13.0 Å². The molecule has 0 saturated carbocycles. The zero-order valence-electron chi connectivity index (χ0n) is 13.7. The highest BCUT2D eigenvalue weighted by atomic mass is 79.9. The second kappa shape index (κ2) is 7.09. The number of aromatic nitrogens is 2. The number of halogens is 1. The molecule has 0 unspecified atom stereocenters. The third-order valence-electron chi connectivity index (χ3n) is 4.32. The number of para-hydroxylation sites is 1. The smallest absolute Gasteiger partial charge is 0.230 e. The van der Waals surface area contributed by atoms with E-state index in [4.69, 9.17) is 0 Å². The maximum atomic E-state index is 12.5. The summed E-state index contributed by atoms with van der Waals surface area (Å²) < 4.78 is 4.03. The number of hydrogen-bond acceptors (Lipinski definition) is 1. The van der Waals surface area contributed by atoms with Crippen LogP contribution < -0.4 is 21.7 Å². The predicted molar refractivity (Wildman–Crippen MR) is 87.7 cm³/mol. The van der Waals surface area contributed by atoms with Crippen LogP contribution in [0.15, 0.2) is 48.7 Å². The Morgan fingerprint density at radius 1 is 1.04 bits per heavy atom. The topological polar surface area (TPSA) is 25.9 Å². The minimum absolute atomic E-state index is 0. The van der Waals surface area contributed by atoms with Gasteiger partial charge in [-0.25, -0.2) is 0 Å². The Bertz CT molecular complexity index is 831. The van der Waals surface area contributed by atoms with Crippen molar-refractivity contribution in [1.82, 2.24) is 4.68 Å². The number of carbonyl (C=O) groups excluding carboxylic acids is 1. The molecule has 1 aromatic heterocycles. The number of ketones is 1. The Morgan fingerprint density at radius 3 is 2.35 bits per heavy atom. The molecule has 0 aliphatic rings. The number of benzene rings is 2. The lowest BCUT2D eigenvalue weighted by molar-refractivity contribution is -0.759. The van der Waals surface area contributed by atoms with Crippen LogP contribution in [-0.2, 0) is 24.8 Å². The summed E-state index contributed by atoms with van der Waals surface area (Å²) in [4.78, 5) is 12.5. The van der Waals surface area contributed by atoms with Gasteiger partial charge in [-0.05, 0) is 42.7 Å². The molecule has 0 amide bonds. The quantitative estimate of drug-likeness (QED) is 0.587. The van der Waals surface area contributed by atoms with Crippen molar-refractivity contribution in [1.29, 1.82) is 0 Å². The second-order valence-electron chi connectivity index (χ2n) is 5.89. The van der Waals surface area contributed by atoms with Crippen molar-refractivity contribution in [2.75, 3.05) is 0 Å². The van der Waals surface area contributed by atoms with Gasteiger partial charge in [-0.15, -0.1) is 4.68 Å². The maximum absolute atomic E-state index is 12.5. The second-order valence-corrected chi connectivity index (χ2v) is 5.89. The normalized spacial score (nSPS) is 10.6. The molecular formula is C19H21BrN2O. The average molecular weight is 373 g/mol. The van der Waals surface area contributed by atoms with E-state index in [0.717, 1.165) is 16.5 Å². The van der Waals surface area contributed by atoms with E-state index in [1.54, 1.807) is 0 Å². The first kappa shape index (κ1) is 17.4. The molecule has 3 rings (SSSR count). The predicted octanol–water partition coefficient (Wildman–Crippen LogP) is -0.102. The zero-order valence-corrected chi connectivity index (χ0v) is 15.3. The van der Waals surface area contributed by atoms with Crippen molar-refractivity contribution in [3.8, 4) is 0 Å². The van der Waals surface area contributed by atoms with E-state index in [1.165, 1.54) is 11.1 Å². The molecule has 23 heavy (non-hydrogen) atoms. The summed E-state index contributed by atoms with van der Waals surface area (Å²) in [5.41, 5.74) is 4.68. The Morgan fingerprint density at radius 2 is 1.70 bits per heavy atom. The zero-order chi connectivity index (χ0) is 15.7. The molecule has 1 heterocycles. The molecule has 0 saturated heterocycles. The van der Waals surface area contributed by atoms with Gasteiger partial charge in [0.1, 0.15) is 5.52 Å². The first-order chi connectivity index (χ1) is 10.6. The average Bonchev–Trinajstić information content (AvgIpc) is 2.80. The van der Waals surface area contributed by atoms with Crippen molar-refractivity contribution in [2.24, 2.45) is 7.05 Å². The highest BCUT2D eigenvalue weighted by Crippen LogP contribution is 2.14. The third kappa shape index (κ3) is 3.53. The Balaban J connectivity index is 0.00000192. The fraction of sp³-hybridized carbons (Fsp3) is 0.263. The van der Waals surface area contributed by atoms with Gasteiger partial charge in [0.2, 0.25) is 18.5 Å². The number of nitrogens with zero attached hydrogens (tertiary/aromatic N) is 2. The SMILES string of the molecule is Cc1cccc(C)c1CC(=O)C[n+]1cc2ccccc2n1C.[Br-]. The van der Waals surface area contributed by atoms with Crippen molar-refractivity contribution < 1.29 is 26.5 Å². The van der Waals surface area contributed by atoms with Gasteiger partial charge >= 0.3 is 0 Å². The minimum atomic E-state index is 0.